The van der Waals surface area contributed by atoms with E-state index in [9.17, 15) is 9.59 Å². The molecule has 0 saturated heterocycles. The van der Waals surface area contributed by atoms with Crippen LogP contribution in [0.4, 0.5) is 0 Å². The maximum absolute atomic E-state index is 12.3. The summed E-state index contributed by atoms with van der Waals surface area (Å²) in [6, 6.07) is 1.98. The van der Waals surface area contributed by atoms with Crippen molar-refractivity contribution in [2.75, 3.05) is 20.7 Å². The molecule has 0 saturated carbocycles. The molecule has 23 heavy (non-hydrogen) atoms. The van der Waals surface area contributed by atoms with E-state index in [4.69, 9.17) is 10.00 Å². The van der Waals surface area contributed by atoms with Crippen LogP contribution in [-0.2, 0) is 9.53 Å². The molecule has 2 aromatic rings. The fourth-order valence-corrected chi connectivity index (χ4v) is 1.89. The van der Waals surface area contributed by atoms with E-state index in [1.54, 1.807) is 24.1 Å². The summed E-state index contributed by atoms with van der Waals surface area (Å²) >= 11 is 0. The Morgan fingerprint density at radius 3 is 2.78 bits per heavy atom. The summed E-state index contributed by atoms with van der Waals surface area (Å²) in [5.74, 6) is -1.77. The molecule has 0 fully saturated rings. The van der Waals surface area contributed by atoms with Crippen LogP contribution in [-0.4, -0.2) is 52.0 Å². The predicted octanol–water partition coefficient (Wildman–Crippen LogP) is 0.879. The van der Waals surface area contributed by atoms with Gasteiger partial charge in [-0.25, -0.2) is 14.3 Å². The molecule has 0 aromatic carbocycles. The minimum absolute atomic E-state index is 0.0571. The third-order valence-corrected chi connectivity index (χ3v) is 2.92. The first kappa shape index (κ1) is 16.2. The van der Waals surface area contributed by atoms with Crippen molar-refractivity contribution in [2.24, 2.45) is 0 Å². The molecule has 0 amide bonds. The Balaban J connectivity index is 2.64. The molecule has 0 unspecified atom stereocenters. The van der Waals surface area contributed by atoms with Crippen LogP contribution in [0.15, 0.2) is 18.6 Å². The lowest BCUT2D eigenvalue weighted by molar-refractivity contribution is -0.137. The number of hydrogen-bond donors (Lipinski definition) is 0. The van der Waals surface area contributed by atoms with Crippen molar-refractivity contribution < 1.29 is 14.3 Å². The number of ketones is 1. The maximum atomic E-state index is 12.3. The van der Waals surface area contributed by atoms with E-state index in [0.717, 1.165) is 0 Å². The molecule has 0 aliphatic heterocycles. The lowest BCUT2D eigenvalue weighted by Gasteiger charge is -2.08. The zero-order valence-corrected chi connectivity index (χ0v) is 13.0. The number of aromatic nitrogens is 3. The second-order valence-corrected chi connectivity index (χ2v) is 4.79. The van der Waals surface area contributed by atoms with Gasteiger partial charge in [-0.15, -0.1) is 0 Å². The van der Waals surface area contributed by atoms with Crippen LogP contribution >= 0.6 is 0 Å². The molecule has 8 heteroatoms. The van der Waals surface area contributed by atoms with Crippen LogP contribution in [0, 0.1) is 11.3 Å². The number of nitriles is 1. The smallest absolute Gasteiger partial charge is 0.379 e. The molecular formula is C15H15N5O3. The van der Waals surface area contributed by atoms with Crippen LogP contribution < -0.4 is 0 Å². The fourth-order valence-electron chi connectivity index (χ4n) is 1.89. The second kappa shape index (κ2) is 6.70. The fraction of sp³-hybridized carbons (Fsp3) is 0.267. The Hall–Kier alpha value is -3.21. The van der Waals surface area contributed by atoms with Crippen molar-refractivity contribution in [3.63, 3.8) is 0 Å². The summed E-state index contributed by atoms with van der Waals surface area (Å²) in [4.78, 5) is 29.8. The quantitative estimate of drug-likeness (QED) is 0.459. The number of Topliss-reactive ketones (excluding diaryl/α,β-unsaturated/α-hetero) is 1. The third-order valence-electron chi connectivity index (χ3n) is 2.92. The van der Waals surface area contributed by atoms with Gasteiger partial charge >= 0.3 is 5.97 Å². The molecule has 0 spiro atoms. The van der Waals surface area contributed by atoms with E-state index in [0.29, 0.717) is 11.3 Å². The van der Waals surface area contributed by atoms with Crippen molar-refractivity contribution in [3.05, 3.63) is 35.4 Å². The van der Waals surface area contributed by atoms with Gasteiger partial charge in [0, 0.05) is 26.5 Å². The van der Waals surface area contributed by atoms with Crippen LogP contribution in [0.1, 0.15) is 28.5 Å². The molecule has 0 aliphatic rings. The molecule has 0 radical (unpaired) electrons. The van der Waals surface area contributed by atoms with Crippen LogP contribution in [0.25, 0.3) is 11.7 Å². The highest BCUT2D eigenvalue weighted by molar-refractivity contribution is 6.41. The highest BCUT2D eigenvalue weighted by atomic mass is 16.5. The summed E-state index contributed by atoms with van der Waals surface area (Å²) in [5, 5.41) is 13.1. The normalized spacial score (nSPS) is 10.7. The average molecular weight is 313 g/mol. The molecule has 2 heterocycles. The van der Waals surface area contributed by atoms with Crippen LogP contribution in [0.3, 0.4) is 0 Å². The standard InChI is InChI=1S/C15H15N5O3/c1-4-23-15(22)13(21)11-9-17-14-10(7-16)8-18-20(14)12(11)5-6-19(2)3/h5-6,8-9H,4H2,1-3H3/b6-5+. The summed E-state index contributed by atoms with van der Waals surface area (Å²) in [7, 11) is 3.62. The summed E-state index contributed by atoms with van der Waals surface area (Å²) < 4.78 is 6.10. The monoisotopic (exact) mass is 313 g/mol. The van der Waals surface area contributed by atoms with Gasteiger partial charge in [0.05, 0.1) is 24.1 Å². The van der Waals surface area contributed by atoms with Crippen LogP contribution in [0.2, 0.25) is 0 Å². The summed E-state index contributed by atoms with van der Waals surface area (Å²) in [6.45, 7) is 1.72. The number of fused-ring (bicyclic) bond motifs is 1. The minimum Gasteiger partial charge on any atom is -0.460 e. The molecular weight excluding hydrogens is 298 g/mol. The van der Waals surface area contributed by atoms with E-state index in [1.165, 1.54) is 16.9 Å². The first-order valence-electron chi connectivity index (χ1n) is 6.82. The number of carbonyl (C=O) groups is 2. The lowest BCUT2D eigenvalue weighted by atomic mass is 10.1. The van der Waals surface area contributed by atoms with Crippen molar-refractivity contribution >= 4 is 23.5 Å². The van der Waals surface area contributed by atoms with Crippen LogP contribution in [0.5, 0.6) is 0 Å². The Morgan fingerprint density at radius 2 is 2.17 bits per heavy atom. The van der Waals surface area contributed by atoms with Gasteiger partial charge in [-0.2, -0.15) is 10.4 Å². The van der Waals surface area contributed by atoms with E-state index in [2.05, 4.69) is 10.1 Å². The van der Waals surface area contributed by atoms with E-state index in [-0.39, 0.29) is 17.7 Å². The van der Waals surface area contributed by atoms with Crippen molar-refractivity contribution in [1.82, 2.24) is 19.5 Å². The Bertz CT molecular complexity index is 829. The van der Waals surface area contributed by atoms with Gasteiger partial charge in [0.2, 0.25) is 0 Å². The number of esters is 1. The van der Waals surface area contributed by atoms with Crippen molar-refractivity contribution in [2.45, 2.75) is 6.92 Å². The second-order valence-electron chi connectivity index (χ2n) is 4.79. The molecule has 0 aliphatic carbocycles. The minimum atomic E-state index is -0.958. The van der Waals surface area contributed by atoms with Gasteiger partial charge < -0.3 is 9.64 Å². The molecule has 0 N–H and O–H groups in total. The molecule has 2 rings (SSSR count). The number of nitrogens with zero attached hydrogens (tertiary/aromatic N) is 5. The first-order chi connectivity index (χ1) is 11.0. The van der Waals surface area contributed by atoms with Crippen molar-refractivity contribution in [3.8, 4) is 6.07 Å². The van der Waals surface area contributed by atoms with Gasteiger partial charge in [0.15, 0.2) is 5.65 Å². The number of hydrogen-bond acceptors (Lipinski definition) is 7. The van der Waals surface area contributed by atoms with Gasteiger partial charge in [-0.3, -0.25) is 4.79 Å². The number of ether oxygens (including phenoxy) is 1. The summed E-state index contributed by atoms with van der Waals surface area (Å²) in [5.41, 5.74) is 0.996. The van der Waals surface area contributed by atoms with Gasteiger partial charge in [-0.05, 0) is 13.0 Å². The van der Waals surface area contributed by atoms with Crippen molar-refractivity contribution in [1.29, 1.82) is 5.26 Å². The van der Waals surface area contributed by atoms with E-state index in [1.807, 2.05) is 20.2 Å². The average Bonchev–Trinajstić information content (AvgIpc) is 2.95. The molecule has 118 valence electrons. The molecule has 0 atom stereocenters. The SMILES string of the molecule is CCOC(=O)C(=O)c1cnc2c(C#N)cnn2c1/C=C/N(C)C. The predicted molar refractivity (Wildman–Crippen MR) is 81.4 cm³/mol. The maximum Gasteiger partial charge on any atom is 0.379 e. The van der Waals surface area contributed by atoms with E-state index >= 15 is 0 Å². The Kier molecular flexibility index (Phi) is 4.71. The molecule has 0 bridgehead atoms. The summed E-state index contributed by atoms with van der Waals surface area (Å²) in [6.07, 6.45) is 5.93. The lowest BCUT2D eigenvalue weighted by Crippen LogP contribution is -2.20. The molecule has 2 aromatic heterocycles. The Labute approximate surface area is 132 Å². The molecule has 8 nitrogen and oxygen atoms in total. The van der Waals surface area contributed by atoms with Gasteiger partial charge in [0.25, 0.3) is 5.78 Å². The van der Waals surface area contributed by atoms with E-state index < -0.39 is 11.8 Å². The first-order valence-corrected chi connectivity index (χ1v) is 6.82. The largest absolute Gasteiger partial charge is 0.460 e. The zero-order chi connectivity index (χ0) is 17.0. The highest BCUT2D eigenvalue weighted by Gasteiger charge is 2.23. The highest BCUT2D eigenvalue weighted by Crippen LogP contribution is 2.16. The number of rotatable bonds is 5. The zero-order valence-electron chi connectivity index (χ0n) is 13.0. The van der Waals surface area contributed by atoms with Gasteiger partial charge in [0.1, 0.15) is 11.6 Å². The topological polar surface area (TPSA) is 101 Å². The van der Waals surface area contributed by atoms with Gasteiger partial charge in [-0.1, -0.05) is 0 Å². The third kappa shape index (κ3) is 3.18. The number of carbonyl (C=O) groups excluding carboxylic acids is 2. The Morgan fingerprint density at radius 1 is 1.43 bits per heavy atom.